The second-order valence-corrected chi connectivity index (χ2v) is 7.05. The van der Waals surface area contributed by atoms with Crippen LogP contribution in [0.15, 0.2) is 33.0 Å². The van der Waals surface area contributed by atoms with Crippen molar-refractivity contribution in [3.63, 3.8) is 0 Å². The number of aryl methyl sites for hydroxylation is 1. The molecule has 0 aliphatic rings. The van der Waals surface area contributed by atoms with Gasteiger partial charge in [-0.15, -0.1) is 11.3 Å². The molecule has 1 aromatic heterocycles. The van der Waals surface area contributed by atoms with Crippen LogP contribution in [0.1, 0.15) is 16.3 Å². The highest BCUT2D eigenvalue weighted by Crippen LogP contribution is 2.22. The van der Waals surface area contributed by atoms with Gasteiger partial charge >= 0.3 is 0 Å². The summed E-state index contributed by atoms with van der Waals surface area (Å²) in [6, 6.07) is 5.96. The van der Waals surface area contributed by atoms with Crippen LogP contribution in [0.3, 0.4) is 0 Å². The molecule has 1 aromatic carbocycles. The lowest BCUT2D eigenvalue weighted by Crippen LogP contribution is -2.38. The van der Waals surface area contributed by atoms with Crippen LogP contribution in [0.5, 0.6) is 5.75 Å². The molecule has 1 N–H and O–H groups in total. The number of hydrogen-bond acceptors (Lipinski definition) is 4. The molecule has 0 spiro atoms. The molecule has 23 heavy (non-hydrogen) atoms. The summed E-state index contributed by atoms with van der Waals surface area (Å²) >= 11 is 5.16. The van der Waals surface area contributed by atoms with Gasteiger partial charge in [0.1, 0.15) is 5.75 Å². The minimum absolute atomic E-state index is 0.635. The number of nitrogens with zero attached hydrogens (tertiary/aromatic N) is 3. The topological polar surface area (TPSA) is 49.8 Å². The fourth-order valence-electron chi connectivity index (χ4n) is 2.24. The first-order valence-electron chi connectivity index (χ1n) is 7.18. The maximum atomic E-state index is 5.40. The molecule has 0 bridgehead atoms. The van der Waals surface area contributed by atoms with E-state index in [1.165, 1.54) is 0 Å². The predicted molar refractivity (Wildman–Crippen MR) is 99.2 cm³/mol. The second-order valence-electron chi connectivity index (χ2n) is 5.07. The molecular weight excluding hydrogens is 376 g/mol. The Labute approximate surface area is 149 Å². The number of hydrogen-bond donors (Lipinski definition) is 1. The molecule has 0 atom stereocenters. The molecule has 0 aliphatic heterocycles. The molecule has 0 fully saturated rings. The zero-order chi connectivity index (χ0) is 16.8. The number of nitrogens with one attached hydrogen (secondary N) is 1. The predicted octanol–water partition coefficient (Wildman–Crippen LogP) is 3.43. The third-order valence-electron chi connectivity index (χ3n) is 3.32. The average Bonchev–Trinajstić information content (AvgIpc) is 2.93. The van der Waals surface area contributed by atoms with E-state index < -0.39 is 0 Å². The molecule has 0 saturated carbocycles. The standard InChI is InChI=1S/C16H21BrN4OS/c1-11-20-14(10-23-11)9-21(3)16(18-2)19-8-12-7-13(17)5-6-15(12)22-4/h5-7,10H,8-9H2,1-4H3,(H,18,19). The fraction of sp³-hybridized carbons (Fsp3) is 0.375. The van der Waals surface area contributed by atoms with Crippen LogP contribution in [0.25, 0.3) is 0 Å². The van der Waals surface area contributed by atoms with Gasteiger partial charge in [-0.05, 0) is 25.1 Å². The van der Waals surface area contributed by atoms with Gasteiger partial charge < -0.3 is 15.0 Å². The third-order valence-corrected chi connectivity index (χ3v) is 4.63. The number of benzene rings is 1. The summed E-state index contributed by atoms with van der Waals surface area (Å²) in [6.45, 7) is 3.37. The summed E-state index contributed by atoms with van der Waals surface area (Å²) in [4.78, 5) is 10.9. The second kappa shape index (κ2) is 8.31. The van der Waals surface area contributed by atoms with Crippen LogP contribution < -0.4 is 10.1 Å². The normalized spacial score (nSPS) is 11.4. The zero-order valence-corrected chi connectivity index (χ0v) is 16.2. The Balaban J connectivity index is 2.01. The quantitative estimate of drug-likeness (QED) is 0.621. The number of rotatable bonds is 5. The van der Waals surface area contributed by atoms with Crippen LogP contribution in [0.4, 0.5) is 0 Å². The van der Waals surface area contributed by atoms with Crippen molar-refractivity contribution in [1.82, 2.24) is 15.2 Å². The smallest absolute Gasteiger partial charge is 0.194 e. The number of ether oxygens (including phenoxy) is 1. The minimum atomic E-state index is 0.635. The summed E-state index contributed by atoms with van der Waals surface area (Å²) in [7, 11) is 5.46. The lowest BCUT2D eigenvalue weighted by molar-refractivity contribution is 0.408. The first-order valence-corrected chi connectivity index (χ1v) is 8.86. The maximum absolute atomic E-state index is 5.40. The van der Waals surface area contributed by atoms with E-state index in [4.69, 9.17) is 4.74 Å². The van der Waals surface area contributed by atoms with Crippen molar-refractivity contribution < 1.29 is 4.74 Å². The zero-order valence-electron chi connectivity index (χ0n) is 13.8. The number of guanidine groups is 1. The summed E-state index contributed by atoms with van der Waals surface area (Å²) < 4.78 is 6.43. The summed E-state index contributed by atoms with van der Waals surface area (Å²) in [5.41, 5.74) is 2.12. The monoisotopic (exact) mass is 396 g/mol. The number of aliphatic imine (C=N–C) groups is 1. The number of aromatic nitrogens is 1. The number of halogens is 1. The van der Waals surface area contributed by atoms with Crippen molar-refractivity contribution >= 4 is 33.2 Å². The molecule has 124 valence electrons. The third kappa shape index (κ3) is 4.94. The molecule has 0 unspecified atom stereocenters. The van der Waals surface area contributed by atoms with E-state index in [-0.39, 0.29) is 0 Å². The average molecular weight is 397 g/mol. The molecule has 0 radical (unpaired) electrons. The van der Waals surface area contributed by atoms with Gasteiger partial charge in [-0.25, -0.2) is 4.98 Å². The van der Waals surface area contributed by atoms with E-state index in [2.05, 4.69) is 41.5 Å². The fourth-order valence-corrected chi connectivity index (χ4v) is 3.26. The SMILES string of the molecule is CN=C(NCc1cc(Br)ccc1OC)N(C)Cc1csc(C)n1. The Bertz CT molecular complexity index is 686. The molecular formula is C16H21BrN4OS. The van der Waals surface area contributed by atoms with Gasteiger partial charge in [0.2, 0.25) is 0 Å². The summed E-state index contributed by atoms with van der Waals surface area (Å²) in [6.07, 6.45) is 0. The van der Waals surface area contributed by atoms with Gasteiger partial charge in [-0.1, -0.05) is 15.9 Å². The first kappa shape index (κ1) is 17.7. The highest BCUT2D eigenvalue weighted by molar-refractivity contribution is 9.10. The summed E-state index contributed by atoms with van der Waals surface area (Å²) in [5, 5.41) is 6.52. The Morgan fingerprint density at radius 1 is 1.48 bits per heavy atom. The van der Waals surface area contributed by atoms with Crippen LogP contribution >= 0.6 is 27.3 Å². The van der Waals surface area contributed by atoms with Crippen molar-refractivity contribution in [2.45, 2.75) is 20.0 Å². The maximum Gasteiger partial charge on any atom is 0.194 e. The molecule has 5 nitrogen and oxygen atoms in total. The van der Waals surface area contributed by atoms with Crippen molar-refractivity contribution in [3.05, 3.63) is 44.3 Å². The van der Waals surface area contributed by atoms with E-state index in [9.17, 15) is 0 Å². The molecule has 0 aliphatic carbocycles. The van der Waals surface area contributed by atoms with Crippen molar-refractivity contribution in [1.29, 1.82) is 0 Å². The Hall–Kier alpha value is -1.60. The lowest BCUT2D eigenvalue weighted by atomic mass is 10.2. The molecule has 7 heteroatoms. The van der Waals surface area contributed by atoms with E-state index in [1.807, 2.05) is 32.2 Å². The Morgan fingerprint density at radius 3 is 2.87 bits per heavy atom. The number of thiazole rings is 1. The van der Waals surface area contributed by atoms with Crippen molar-refractivity contribution in [2.75, 3.05) is 21.2 Å². The van der Waals surface area contributed by atoms with Gasteiger partial charge in [0.05, 0.1) is 24.4 Å². The Kier molecular flexibility index (Phi) is 6.41. The van der Waals surface area contributed by atoms with Crippen LogP contribution in [-0.2, 0) is 13.1 Å². The lowest BCUT2D eigenvalue weighted by Gasteiger charge is -2.21. The summed E-state index contributed by atoms with van der Waals surface area (Å²) in [5.74, 6) is 1.67. The largest absolute Gasteiger partial charge is 0.496 e. The highest BCUT2D eigenvalue weighted by Gasteiger charge is 2.10. The van der Waals surface area contributed by atoms with Crippen LogP contribution in [0.2, 0.25) is 0 Å². The van der Waals surface area contributed by atoms with Gasteiger partial charge in [0, 0.05) is 36.1 Å². The van der Waals surface area contributed by atoms with Crippen LogP contribution in [-0.4, -0.2) is 37.0 Å². The van der Waals surface area contributed by atoms with Gasteiger partial charge in [0.15, 0.2) is 5.96 Å². The van der Waals surface area contributed by atoms with Gasteiger partial charge in [0.25, 0.3) is 0 Å². The molecule has 2 rings (SSSR count). The highest BCUT2D eigenvalue weighted by atomic mass is 79.9. The Morgan fingerprint density at radius 2 is 2.26 bits per heavy atom. The molecule has 0 amide bonds. The van der Waals surface area contributed by atoms with E-state index in [0.717, 1.165) is 39.0 Å². The van der Waals surface area contributed by atoms with Gasteiger partial charge in [-0.3, -0.25) is 4.99 Å². The van der Waals surface area contributed by atoms with Gasteiger partial charge in [-0.2, -0.15) is 0 Å². The molecule has 1 heterocycles. The molecule has 0 saturated heterocycles. The molecule has 2 aromatic rings. The minimum Gasteiger partial charge on any atom is -0.496 e. The van der Waals surface area contributed by atoms with E-state index >= 15 is 0 Å². The van der Waals surface area contributed by atoms with Crippen LogP contribution in [0, 0.1) is 6.92 Å². The van der Waals surface area contributed by atoms with E-state index in [1.54, 1.807) is 25.5 Å². The van der Waals surface area contributed by atoms with E-state index in [0.29, 0.717) is 6.54 Å². The van der Waals surface area contributed by atoms with Crippen molar-refractivity contribution in [3.8, 4) is 5.75 Å². The van der Waals surface area contributed by atoms with Crippen molar-refractivity contribution in [2.24, 2.45) is 4.99 Å². The first-order chi connectivity index (χ1) is 11.0. The number of methoxy groups -OCH3 is 1.